The minimum Gasteiger partial charge on any atom is -0.325 e. The summed E-state index contributed by atoms with van der Waals surface area (Å²) in [5.74, 6) is 0.0269. The number of nitrogens with zero attached hydrogens (tertiary/aromatic N) is 5. The molecule has 0 spiro atoms. The summed E-state index contributed by atoms with van der Waals surface area (Å²) in [6.07, 6.45) is 1.60. The minimum absolute atomic E-state index is 0.1000. The highest BCUT2D eigenvalue weighted by molar-refractivity contribution is 5.97. The monoisotopic (exact) mass is 376 g/mol. The molecule has 4 rings (SSSR count). The maximum absolute atomic E-state index is 12.9. The summed E-state index contributed by atoms with van der Waals surface area (Å²) < 4.78 is 2.89. The summed E-state index contributed by atoms with van der Waals surface area (Å²) in [5, 5.41) is 10.6. The molecule has 0 aliphatic heterocycles. The molecule has 0 saturated carbocycles. The number of anilines is 1. The van der Waals surface area contributed by atoms with Crippen LogP contribution in [-0.2, 0) is 11.3 Å². The lowest BCUT2D eigenvalue weighted by atomic mass is 10.1. The molecule has 0 atom stereocenters. The molecule has 0 radical (unpaired) electrons. The smallest absolute Gasteiger partial charge is 0.297 e. The molecule has 1 aromatic carbocycles. The third kappa shape index (κ3) is 2.92. The lowest BCUT2D eigenvalue weighted by Gasteiger charge is -2.12. The average molecular weight is 376 g/mol. The number of amides is 1. The zero-order valence-corrected chi connectivity index (χ0v) is 15.2. The third-order valence-corrected chi connectivity index (χ3v) is 4.38. The Morgan fingerprint density at radius 2 is 1.93 bits per heavy atom. The standard InChI is InChI=1S/C19H16N6O3/c1-11(26)13-5-3-6-14(9-13)21-16(27)10-24-15-7-4-8-20-17(15)25-12(2)22-23-18(25)19(24)28/h3-9H,10H2,1-2H3,(H,21,27). The van der Waals surface area contributed by atoms with Crippen molar-refractivity contribution in [3.05, 3.63) is 64.3 Å². The molecule has 1 N–H and O–H groups in total. The van der Waals surface area contributed by atoms with Crippen molar-refractivity contribution in [2.75, 3.05) is 5.32 Å². The van der Waals surface area contributed by atoms with E-state index in [1.54, 1.807) is 53.9 Å². The van der Waals surface area contributed by atoms with Gasteiger partial charge in [0.25, 0.3) is 5.56 Å². The fourth-order valence-corrected chi connectivity index (χ4v) is 3.07. The summed E-state index contributed by atoms with van der Waals surface area (Å²) in [5.41, 5.74) is 1.63. The predicted molar refractivity (Wildman–Crippen MR) is 102 cm³/mol. The van der Waals surface area contributed by atoms with E-state index in [1.165, 1.54) is 11.5 Å². The molecule has 0 bridgehead atoms. The highest BCUT2D eigenvalue weighted by Gasteiger charge is 2.17. The summed E-state index contributed by atoms with van der Waals surface area (Å²) in [4.78, 5) is 41.3. The number of aryl methyl sites for hydroxylation is 1. The molecule has 28 heavy (non-hydrogen) atoms. The molecular weight excluding hydrogens is 360 g/mol. The summed E-state index contributed by atoms with van der Waals surface area (Å²) in [6.45, 7) is 2.95. The van der Waals surface area contributed by atoms with Crippen molar-refractivity contribution < 1.29 is 9.59 Å². The first kappa shape index (κ1) is 17.5. The molecule has 0 saturated heterocycles. The van der Waals surface area contributed by atoms with Crippen LogP contribution in [0.5, 0.6) is 0 Å². The maximum atomic E-state index is 12.9. The number of Topliss-reactive ketones (excluding diaryl/α,β-unsaturated/α-hetero) is 1. The van der Waals surface area contributed by atoms with Crippen molar-refractivity contribution in [2.24, 2.45) is 0 Å². The summed E-state index contributed by atoms with van der Waals surface area (Å²) in [7, 11) is 0. The van der Waals surface area contributed by atoms with E-state index < -0.39 is 11.5 Å². The molecule has 4 aromatic rings. The van der Waals surface area contributed by atoms with Gasteiger partial charge >= 0.3 is 0 Å². The molecule has 9 nitrogen and oxygen atoms in total. The molecule has 0 unspecified atom stereocenters. The van der Waals surface area contributed by atoms with E-state index >= 15 is 0 Å². The topological polar surface area (TPSA) is 111 Å². The van der Waals surface area contributed by atoms with Gasteiger partial charge in [-0.3, -0.25) is 23.4 Å². The molecule has 9 heteroatoms. The number of nitrogens with one attached hydrogen (secondary N) is 1. The molecule has 140 valence electrons. The van der Waals surface area contributed by atoms with Crippen molar-refractivity contribution >= 4 is 34.2 Å². The normalized spacial score (nSPS) is 11.1. The van der Waals surface area contributed by atoms with Crippen LogP contribution in [0, 0.1) is 6.92 Å². The number of hydrogen-bond donors (Lipinski definition) is 1. The van der Waals surface area contributed by atoms with Gasteiger partial charge in [-0.1, -0.05) is 12.1 Å². The maximum Gasteiger partial charge on any atom is 0.297 e. The fourth-order valence-electron chi connectivity index (χ4n) is 3.07. The van der Waals surface area contributed by atoms with Gasteiger partial charge in [0.1, 0.15) is 12.4 Å². The van der Waals surface area contributed by atoms with Gasteiger partial charge in [0, 0.05) is 17.4 Å². The lowest BCUT2D eigenvalue weighted by molar-refractivity contribution is -0.116. The van der Waals surface area contributed by atoms with Gasteiger partial charge in [-0.05, 0) is 38.1 Å². The van der Waals surface area contributed by atoms with Gasteiger partial charge in [0.15, 0.2) is 11.4 Å². The second kappa shape index (κ2) is 6.69. The van der Waals surface area contributed by atoms with E-state index in [9.17, 15) is 14.4 Å². The first-order chi connectivity index (χ1) is 13.5. The van der Waals surface area contributed by atoms with Crippen molar-refractivity contribution in [3.63, 3.8) is 0 Å². The Morgan fingerprint density at radius 3 is 2.71 bits per heavy atom. The van der Waals surface area contributed by atoms with Crippen molar-refractivity contribution in [1.82, 2.24) is 24.1 Å². The van der Waals surface area contributed by atoms with Gasteiger partial charge in [0.05, 0.1) is 5.52 Å². The van der Waals surface area contributed by atoms with Gasteiger partial charge in [-0.15, -0.1) is 10.2 Å². The largest absolute Gasteiger partial charge is 0.325 e. The van der Waals surface area contributed by atoms with Crippen LogP contribution >= 0.6 is 0 Å². The Bertz CT molecular complexity index is 1300. The van der Waals surface area contributed by atoms with Gasteiger partial charge in [0.2, 0.25) is 11.6 Å². The number of fused-ring (bicyclic) bond motifs is 3. The van der Waals surface area contributed by atoms with Crippen LogP contribution in [0.2, 0.25) is 0 Å². The summed E-state index contributed by atoms with van der Waals surface area (Å²) in [6, 6.07) is 10.0. The van der Waals surface area contributed by atoms with E-state index in [0.29, 0.717) is 28.2 Å². The average Bonchev–Trinajstić information content (AvgIpc) is 3.07. The highest BCUT2D eigenvalue weighted by atomic mass is 16.2. The minimum atomic E-state index is -0.436. The predicted octanol–water partition coefficient (Wildman–Crippen LogP) is 1.59. The summed E-state index contributed by atoms with van der Waals surface area (Å²) >= 11 is 0. The van der Waals surface area contributed by atoms with Crippen LogP contribution in [0.4, 0.5) is 5.69 Å². The number of carbonyl (C=O) groups excluding carboxylic acids is 2. The highest BCUT2D eigenvalue weighted by Crippen LogP contribution is 2.14. The number of aromatic nitrogens is 5. The number of carbonyl (C=O) groups is 2. The molecule has 0 fully saturated rings. The quantitative estimate of drug-likeness (QED) is 0.542. The van der Waals surface area contributed by atoms with Crippen LogP contribution in [0.25, 0.3) is 16.8 Å². The van der Waals surface area contributed by atoms with E-state index in [-0.39, 0.29) is 18.0 Å². The Labute approximate surface area is 158 Å². The third-order valence-electron chi connectivity index (χ3n) is 4.38. The van der Waals surface area contributed by atoms with Crippen LogP contribution in [0.1, 0.15) is 23.1 Å². The SMILES string of the molecule is CC(=O)c1cccc(NC(=O)Cn2c(=O)c3nnc(C)n3c3ncccc32)c1. The Hall–Kier alpha value is -3.88. The number of hydrogen-bond acceptors (Lipinski definition) is 6. The first-order valence-corrected chi connectivity index (χ1v) is 8.56. The Kier molecular flexibility index (Phi) is 4.19. The zero-order chi connectivity index (χ0) is 19.8. The number of ketones is 1. The lowest BCUT2D eigenvalue weighted by Crippen LogP contribution is -2.29. The Morgan fingerprint density at radius 1 is 1.11 bits per heavy atom. The molecule has 0 aliphatic rings. The second-order valence-electron chi connectivity index (χ2n) is 6.33. The van der Waals surface area contributed by atoms with Crippen LogP contribution < -0.4 is 10.9 Å². The van der Waals surface area contributed by atoms with E-state index in [4.69, 9.17) is 0 Å². The number of benzene rings is 1. The van der Waals surface area contributed by atoms with E-state index in [0.717, 1.165) is 0 Å². The van der Waals surface area contributed by atoms with Crippen molar-refractivity contribution in [2.45, 2.75) is 20.4 Å². The number of pyridine rings is 1. The van der Waals surface area contributed by atoms with E-state index in [1.807, 2.05) is 0 Å². The second-order valence-corrected chi connectivity index (χ2v) is 6.33. The van der Waals surface area contributed by atoms with Crippen LogP contribution in [0.3, 0.4) is 0 Å². The van der Waals surface area contributed by atoms with Gasteiger partial charge in [-0.2, -0.15) is 0 Å². The molecule has 1 amide bonds. The first-order valence-electron chi connectivity index (χ1n) is 8.56. The zero-order valence-electron chi connectivity index (χ0n) is 15.2. The number of rotatable bonds is 4. The molecule has 3 aromatic heterocycles. The van der Waals surface area contributed by atoms with Gasteiger partial charge in [-0.25, -0.2) is 4.98 Å². The van der Waals surface area contributed by atoms with Crippen molar-refractivity contribution in [3.8, 4) is 0 Å². The van der Waals surface area contributed by atoms with Crippen LogP contribution in [0.15, 0.2) is 47.4 Å². The van der Waals surface area contributed by atoms with Gasteiger partial charge < -0.3 is 5.32 Å². The Balaban J connectivity index is 1.74. The molecule has 3 heterocycles. The molecule has 0 aliphatic carbocycles. The van der Waals surface area contributed by atoms with E-state index in [2.05, 4.69) is 20.5 Å². The van der Waals surface area contributed by atoms with Crippen LogP contribution in [-0.4, -0.2) is 35.8 Å². The van der Waals surface area contributed by atoms with Crippen molar-refractivity contribution in [1.29, 1.82) is 0 Å². The molecular formula is C19H16N6O3. The fraction of sp³-hybridized carbons (Fsp3) is 0.158.